The Morgan fingerprint density at radius 3 is 1.53 bits per heavy atom. The van der Waals surface area contributed by atoms with Gasteiger partial charge in [-0.1, -0.05) is 88.2 Å². The van der Waals surface area contributed by atoms with Gasteiger partial charge >= 0.3 is 17.9 Å². The largest absolute Gasteiger partial charge is 0.480 e. The highest BCUT2D eigenvalue weighted by atomic mass is 16.6. The Kier molecular flexibility index (Phi) is 18.4. The molecular weight excluding hydrogens is 706 g/mol. The Hall–Kier alpha value is -5.85. The Balaban J connectivity index is 0.000000382. The zero-order chi connectivity index (χ0) is 41.2. The highest BCUT2D eigenvalue weighted by molar-refractivity contribution is 5.99. The maximum atomic E-state index is 12.6. The highest BCUT2D eigenvalue weighted by Gasteiger charge is 2.29. The van der Waals surface area contributed by atoms with Crippen LogP contribution in [0.15, 0.2) is 66.7 Å². The van der Waals surface area contributed by atoms with Crippen molar-refractivity contribution in [1.29, 1.82) is 0 Å². The van der Waals surface area contributed by atoms with Crippen LogP contribution in [0, 0.1) is 33.6 Å². The van der Waals surface area contributed by atoms with Gasteiger partial charge in [-0.15, -0.1) is 0 Å². The van der Waals surface area contributed by atoms with Crippen LogP contribution in [0.2, 0.25) is 0 Å². The summed E-state index contributed by atoms with van der Waals surface area (Å²) in [7, 11) is 0. The van der Waals surface area contributed by atoms with Gasteiger partial charge in [0.1, 0.15) is 18.1 Å². The number of aryl methyl sites for hydroxylation is 4. The number of carboxylic acids is 1. The number of rotatable bonds is 17. The number of amides is 3. The van der Waals surface area contributed by atoms with Crippen LogP contribution in [-0.4, -0.2) is 77.9 Å². The molecule has 3 aromatic rings. The molecule has 0 unspecified atom stereocenters. The van der Waals surface area contributed by atoms with E-state index in [9.17, 15) is 38.7 Å². The lowest BCUT2D eigenvalue weighted by Crippen LogP contribution is -2.56. The molecule has 3 amide bonds. The fraction of sp³-hybridized carbons (Fsp3) is 0.405. The van der Waals surface area contributed by atoms with Crippen molar-refractivity contribution in [2.45, 2.75) is 92.8 Å². The van der Waals surface area contributed by atoms with Gasteiger partial charge < -0.3 is 30.5 Å². The summed E-state index contributed by atoms with van der Waals surface area (Å²) in [4.78, 5) is 84.8. The molecular formula is C42H53N3O10. The lowest BCUT2D eigenvalue weighted by molar-refractivity contribution is -0.142. The van der Waals surface area contributed by atoms with E-state index < -0.39 is 66.8 Å². The summed E-state index contributed by atoms with van der Waals surface area (Å²) in [5.41, 5.74) is 4.46. The first-order valence-corrected chi connectivity index (χ1v) is 18.2. The number of ether oxygens (including phenoxy) is 2. The number of carbonyl (C=O) groups is 7. The quantitative estimate of drug-likeness (QED) is 0.133. The lowest BCUT2D eigenvalue weighted by atomic mass is 10.0. The van der Waals surface area contributed by atoms with Gasteiger partial charge in [0.15, 0.2) is 13.2 Å². The molecule has 296 valence electrons. The Labute approximate surface area is 322 Å². The van der Waals surface area contributed by atoms with Crippen LogP contribution in [0.5, 0.6) is 0 Å². The molecule has 13 heteroatoms. The van der Waals surface area contributed by atoms with Gasteiger partial charge in [0.05, 0.1) is 11.1 Å². The van der Waals surface area contributed by atoms with Gasteiger partial charge in [-0.2, -0.15) is 0 Å². The van der Waals surface area contributed by atoms with Gasteiger partial charge in [-0.25, -0.2) is 14.4 Å². The molecule has 0 heterocycles. The van der Waals surface area contributed by atoms with E-state index in [-0.39, 0.29) is 11.8 Å². The summed E-state index contributed by atoms with van der Waals surface area (Å²) >= 11 is 0. The lowest BCUT2D eigenvalue weighted by Gasteiger charge is -2.24. The van der Waals surface area contributed by atoms with Crippen LogP contribution in [0.4, 0.5) is 0 Å². The van der Waals surface area contributed by atoms with E-state index in [1.54, 1.807) is 96.1 Å². The minimum absolute atomic E-state index is 0.214. The van der Waals surface area contributed by atoms with Gasteiger partial charge in [0.25, 0.3) is 5.91 Å². The van der Waals surface area contributed by atoms with Crippen LogP contribution >= 0.6 is 0 Å². The third-order valence-corrected chi connectivity index (χ3v) is 8.58. The molecule has 0 saturated heterocycles. The fourth-order valence-electron chi connectivity index (χ4n) is 5.43. The summed E-state index contributed by atoms with van der Waals surface area (Å²) in [5.74, 6) is -4.41. The minimum atomic E-state index is -1.11. The molecule has 3 rings (SSSR count). The first-order valence-electron chi connectivity index (χ1n) is 18.2. The van der Waals surface area contributed by atoms with Crippen LogP contribution in [0.25, 0.3) is 0 Å². The van der Waals surface area contributed by atoms with E-state index in [0.717, 1.165) is 28.7 Å². The van der Waals surface area contributed by atoms with E-state index in [2.05, 4.69) is 16.0 Å². The maximum absolute atomic E-state index is 12.6. The maximum Gasteiger partial charge on any atom is 0.339 e. The Bertz CT molecular complexity index is 1710. The number of Topliss-reactive ketones (excluding diaryl/α,β-unsaturated/α-hetero) is 1. The third-order valence-electron chi connectivity index (χ3n) is 8.58. The summed E-state index contributed by atoms with van der Waals surface area (Å²) in [5, 5.41) is 16.9. The minimum Gasteiger partial charge on any atom is -0.480 e. The second kappa shape index (κ2) is 22.4. The molecule has 0 spiro atoms. The standard InChI is InChI=1S/C21H31N3O5.C21H22O5/c1-5-6-12-16(21(28)29)23-18(25)14(4)22-20(27)17(13(2)3)24-19(26)15-10-8-7-9-11-15;1-13-7-5-8-14(2)18(13)20(23)25-11-17(22)12-26-21(24)19-15(3)9-6-10-16(19)4/h7-11,13-14,16-17H,5-6,12H2,1-4H3,(H,22,27)(H,23,25)(H,24,26)(H,28,29);5-10H,11-12H2,1-4H3/t14-,16-,17-;/m0./s1. The number of ketones is 1. The van der Waals surface area contributed by atoms with Crippen molar-refractivity contribution < 1.29 is 48.1 Å². The predicted octanol–water partition coefficient (Wildman–Crippen LogP) is 5.21. The number of carboxylic acid groups (broad SMARTS) is 1. The molecule has 0 bridgehead atoms. The molecule has 0 radical (unpaired) electrons. The van der Waals surface area contributed by atoms with E-state index in [1.807, 2.05) is 19.1 Å². The number of aliphatic carboxylic acids is 1. The first-order chi connectivity index (χ1) is 26.0. The van der Waals surface area contributed by atoms with Crippen molar-refractivity contribution in [1.82, 2.24) is 16.0 Å². The number of hydrogen-bond donors (Lipinski definition) is 4. The van der Waals surface area contributed by atoms with Gasteiger partial charge in [0.2, 0.25) is 17.6 Å². The molecule has 4 N–H and O–H groups in total. The van der Waals surface area contributed by atoms with Crippen molar-refractivity contribution >= 4 is 41.4 Å². The molecule has 13 nitrogen and oxygen atoms in total. The first kappa shape index (κ1) is 45.3. The number of benzene rings is 3. The summed E-state index contributed by atoms with van der Waals surface area (Å²) in [6, 6.07) is 16.6. The summed E-state index contributed by atoms with van der Waals surface area (Å²) < 4.78 is 10.1. The molecule has 55 heavy (non-hydrogen) atoms. The molecule has 0 saturated carbocycles. The topological polar surface area (TPSA) is 194 Å². The number of unbranched alkanes of at least 4 members (excludes halogenated alkanes) is 1. The zero-order valence-corrected chi connectivity index (χ0v) is 32.8. The van der Waals surface area contributed by atoms with Crippen LogP contribution in [0.1, 0.15) is 100 Å². The van der Waals surface area contributed by atoms with Crippen LogP contribution in [-0.2, 0) is 28.7 Å². The number of nitrogens with one attached hydrogen (secondary N) is 3. The molecule has 3 atom stereocenters. The average Bonchev–Trinajstić information content (AvgIpc) is 3.13. The van der Waals surface area contributed by atoms with Gasteiger partial charge in [-0.3, -0.25) is 19.2 Å². The molecule has 0 aliphatic rings. The highest BCUT2D eigenvalue weighted by Crippen LogP contribution is 2.16. The summed E-state index contributed by atoms with van der Waals surface area (Å²) in [6.45, 7) is 13.3. The van der Waals surface area contributed by atoms with E-state index in [4.69, 9.17) is 9.47 Å². The van der Waals surface area contributed by atoms with Gasteiger partial charge in [-0.05, 0) is 81.3 Å². The van der Waals surface area contributed by atoms with Crippen molar-refractivity contribution in [3.05, 3.63) is 106 Å². The average molecular weight is 760 g/mol. The zero-order valence-electron chi connectivity index (χ0n) is 32.8. The Morgan fingerprint density at radius 1 is 0.636 bits per heavy atom. The number of esters is 2. The van der Waals surface area contributed by atoms with Gasteiger partial charge in [0, 0.05) is 5.56 Å². The van der Waals surface area contributed by atoms with E-state index >= 15 is 0 Å². The van der Waals surface area contributed by atoms with Crippen LogP contribution < -0.4 is 16.0 Å². The van der Waals surface area contributed by atoms with Crippen molar-refractivity contribution in [2.24, 2.45) is 5.92 Å². The van der Waals surface area contributed by atoms with Crippen molar-refractivity contribution in [3.8, 4) is 0 Å². The predicted molar refractivity (Wildman–Crippen MR) is 207 cm³/mol. The molecule has 0 aliphatic heterocycles. The van der Waals surface area contributed by atoms with Crippen molar-refractivity contribution in [2.75, 3.05) is 13.2 Å². The second-order valence-corrected chi connectivity index (χ2v) is 13.6. The van der Waals surface area contributed by atoms with Crippen LogP contribution in [0.3, 0.4) is 0 Å². The SMILES string of the molecule is CCCC[C@H](NC(=O)[C@H](C)NC(=O)[C@@H](NC(=O)c1ccccc1)C(C)C)C(=O)O.Cc1cccc(C)c1C(=O)OCC(=O)COC(=O)c1c(C)cccc1C. The number of carbonyl (C=O) groups excluding carboxylic acids is 6. The molecule has 0 aliphatic carbocycles. The molecule has 0 aromatic heterocycles. The second-order valence-electron chi connectivity index (χ2n) is 13.6. The summed E-state index contributed by atoms with van der Waals surface area (Å²) in [6.07, 6.45) is 1.79. The third kappa shape index (κ3) is 14.5. The monoisotopic (exact) mass is 759 g/mol. The van der Waals surface area contributed by atoms with E-state index in [0.29, 0.717) is 29.5 Å². The normalized spacial score (nSPS) is 12.2. The fourth-order valence-corrected chi connectivity index (χ4v) is 5.43. The van der Waals surface area contributed by atoms with Crippen molar-refractivity contribution in [3.63, 3.8) is 0 Å². The molecule has 0 fully saturated rings. The smallest absolute Gasteiger partial charge is 0.339 e. The Morgan fingerprint density at radius 2 is 1.11 bits per heavy atom. The number of hydrogen-bond acceptors (Lipinski definition) is 9. The molecule has 3 aromatic carbocycles. The van der Waals surface area contributed by atoms with E-state index in [1.165, 1.54) is 6.92 Å².